The van der Waals surface area contributed by atoms with Crippen molar-refractivity contribution in [1.29, 1.82) is 0 Å². The first-order valence-corrected chi connectivity index (χ1v) is 12.3. The van der Waals surface area contributed by atoms with Crippen molar-refractivity contribution in [3.05, 3.63) is 84.3 Å². The van der Waals surface area contributed by atoms with E-state index in [4.69, 9.17) is 4.98 Å². The van der Waals surface area contributed by atoms with Crippen LogP contribution in [0.2, 0.25) is 0 Å². The van der Waals surface area contributed by atoms with Gasteiger partial charge in [0, 0.05) is 31.8 Å². The number of aryl methyl sites for hydroxylation is 1. The van der Waals surface area contributed by atoms with E-state index in [9.17, 15) is 17.6 Å². The van der Waals surface area contributed by atoms with Crippen LogP contribution in [-0.4, -0.2) is 41.6 Å². The number of nitrogens with one attached hydrogen (secondary N) is 1. The molecule has 0 aliphatic carbocycles. The van der Waals surface area contributed by atoms with Crippen molar-refractivity contribution < 1.29 is 17.6 Å². The lowest BCUT2D eigenvalue weighted by molar-refractivity contribution is -0.116. The summed E-state index contributed by atoms with van der Waals surface area (Å²) in [6.45, 7) is 2.12. The van der Waals surface area contributed by atoms with E-state index in [1.165, 1.54) is 23.5 Å². The number of halogens is 1. The molecule has 0 aliphatic rings. The van der Waals surface area contributed by atoms with E-state index in [2.05, 4.69) is 5.32 Å². The highest BCUT2D eigenvalue weighted by Crippen LogP contribution is 2.29. The Hall–Kier alpha value is -3.56. The molecule has 2 heterocycles. The molecule has 0 unspecified atom stereocenters. The molecule has 1 N–H and O–H groups in total. The van der Waals surface area contributed by atoms with E-state index >= 15 is 0 Å². The number of aromatic nitrogens is 2. The third-order valence-corrected chi connectivity index (χ3v) is 7.36. The van der Waals surface area contributed by atoms with E-state index in [0.717, 1.165) is 28.9 Å². The summed E-state index contributed by atoms with van der Waals surface area (Å²) in [5.74, 6) is -0.179. The summed E-state index contributed by atoms with van der Waals surface area (Å²) in [7, 11) is -2.32. The minimum absolute atomic E-state index is 0.00868. The van der Waals surface area contributed by atoms with Crippen LogP contribution >= 0.6 is 0 Å². The second-order valence-corrected chi connectivity index (χ2v) is 10.1. The molecular weight excluding hydrogens is 455 g/mol. The second kappa shape index (κ2) is 9.74. The molecule has 1 amide bonds. The molecule has 0 spiro atoms. The van der Waals surface area contributed by atoms with Crippen LogP contribution in [0, 0.1) is 12.7 Å². The third-order valence-electron chi connectivity index (χ3n) is 5.49. The Balaban J connectivity index is 1.46. The number of carbonyl (C=O) groups is 1. The van der Waals surface area contributed by atoms with Crippen molar-refractivity contribution in [1.82, 2.24) is 13.7 Å². The Labute approximate surface area is 197 Å². The number of benzene rings is 2. The number of pyridine rings is 1. The summed E-state index contributed by atoms with van der Waals surface area (Å²) in [4.78, 5) is 17.5. The number of hydrogen-bond acceptors (Lipinski definition) is 4. The van der Waals surface area contributed by atoms with Crippen LogP contribution in [0.4, 0.5) is 10.2 Å². The molecular formula is C25H25FN4O3S. The summed E-state index contributed by atoms with van der Waals surface area (Å²) in [5, 5.41) is 2.95. The highest BCUT2D eigenvalue weighted by molar-refractivity contribution is 7.89. The summed E-state index contributed by atoms with van der Waals surface area (Å²) >= 11 is 0. The highest BCUT2D eigenvalue weighted by Gasteiger charge is 2.21. The zero-order valence-corrected chi connectivity index (χ0v) is 19.7. The van der Waals surface area contributed by atoms with Crippen molar-refractivity contribution in [2.45, 2.75) is 24.7 Å². The molecule has 4 aromatic rings. The lowest BCUT2D eigenvalue weighted by atomic mass is 10.1. The van der Waals surface area contributed by atoms with Gasteiger partial charge in [0.15, 0.2) is 0 Å². The fourth-order valence-electron chi connectivity index (χ4n) is 3.63. The average molecular weight is 481 g/mol. The predicted molar refractivity (Wildman–Crippen MR) is 129 cm³/mol. The first kappa shape index (κ1) is 23.6. The van der Waals surface area contributed by atoms with Gasteiger partial charge in [-0.3, -0.25) is 9.20 Å². The van der Waals surface area contributed by atoms with Crippen LogP contribution < -0.4 is 5.32 Å². The van der Waals surface area contributed by atoms with Gasteiger partial charge in [0.1, 0.15) is 23.0 Å². The number of imidazole rings is 1. The van der Waals surface area contributed by atoms with E-state index in [0.29, 0.717) is 17.9 Å². The monoisotopic (exact) mass is 480 g/mol. The van der Waals surface area contributed by atoms with Crippen molar-refractivity contribution in [2.24, 2.45) is 0 Å². The van der Waals surface area contributed by atoms with Gasteiger partial charge in [-0.05, 0) is 55.3 Å². The van der Waals surface area contributed by atoms with Gasteiger partial charge >= 0.3 is 0 Å². The summed E-state index contributed by atoms with van der Waals surface area (Å²) in [6, 6.07) is 18.1. The summed E-state index contributed by atoms with van der Waals surface area (Å²) in [5.41, 5.74) is 3.32. The number of carbonyl (C=O) groups excluding carboxylic acids is 1. The molecule has 34 heavy (non-hydrogen) atoms. The number of anilines is 1. The Morgan fingerprint density at radius 1 is 1.09 bits per heavy atom. The maximum atomic E-state index is 13.1. The molecule has 2 aromatic heterocycles. The van der Waals surface area contributed by atoms with E-state index in [1.54, 1.807) is 0 Å². The predicted octanol–water partition coefficient (Wildman–Crippen LogP) is 4.49. The maximum Gasteiger partial charge on any atom is 0.242 e. The minimum atomic E-state index is -3.76. The van der Waals surface area contributed by atoms with Gasteiger partial charge in [-0.1, -0.05) is 30.3 Å². The van der Waals surface area contributed by atoms with Crippen molar-refractivity contribution in [3.8, 4) is 11.3 Å². The smallest absolute Gasteiger partial charge is 0.242 e. The molecule has 4 rings (SSSR count). The van der Waals surface area contributed by atoms with Gasteiger partial charge < -0.3 is 5.32 Å². The summed E-state index contributed by atoms with van der Waals surface area (Å²) in [6.07, 6.45) is 2.30. The molecule has 0 saturated carbocycles. The van der Waals surface area contributed by atoms with Gasteiger partial charge in [-0.25, -0.2) is 22.1 Å². The van der Waals surface area contributed by atoms with Crippen LogP contribution in [-0.2, 0) is 14.8 Å². The average Bonchev–Trinajstić information content (AvgIpc) is 3.17. The second-order valence-electron chi connectivity index (χ2n) is 8.04. The Kier molecular flexibility index (Phi) is 6.76. The topological polar surface area (TPSA) is 83.8 Å². The van der Waals surface area contributed by atoms with E-state index in [1.807, 2.05) is 60.0 Å². The van der Waals surface area contributed by atoms with Crippen LogP contribution in [0.5, 0.6) is 0 Å². The SMILES string of the molecule is Cc1ccn2c(NC(=O)CCCN(C)S(=O)(=O)c3ccc(F)cc3)c(-c3ccccc3)nc2c1. The molecule has 2 aromatic carbocycles. The van der Waals surface area contributed by atoms with Gasteiger partial charge in [0.2, 0.25) is 15.9 Å². The fourth-order valence-corrected chi connectivity index (χ4v) is 4.84. The molecule has 0 radical (unpaired) electrons. The lowest BCUT2D eigenvalue weighted by Gasteiger charge is -2.17. The summed E-state index contributed by atoms with van der Waals surface area (Å²) < 4.78 is 41.4. The Morgan fingerprint density at radius 2 is 1.79 bits per heavy atom. The number of hydrogen-bond donors (Lipinski definition) is 1. The fraction of sp³-hybridized carbons (Fsp3) is 0.200. The number of nitrogens with zero attached hydrogens (tertiary/aromatic N) is 3. The third kappa shape index (κ3) is 5.00. The molecule has 7 nitrogen and oxygen atoms in total. The van der Waals surface area contributed by atoms with Crippen molar-refractivity contribution in [2.75, 3.05) is 18.9 Å². The Morgan fingerprint density at radius 3 is 2.50 bits per heavy atom. The molecule has 0 fully saturated rings. The number of fused-ring (bicyclic) bond motifs is 1. The quantitative estimate of drug-likeness (QED) is 0.403. The van der Waals surface area contributed by atoms with Crippen LogP contribution in [0.3, 0.4) is 0 Å². The normalized spacial score (nSPS) is 11.8. The zero-order chi connectivity index (χ0) is 24.3. The van der Waals surface area contributed by atoms with Crippen LogP contribution in [0.15, 0.2) is 77.8 Å². The Bertz CT molecular complexity index is 1420. The van der Waals surface area contributed by atoms with Crippen LogP contribution in [0.1, 0.15) is 18.4 Å². The van der Waals surface area contributed by atoms with E-state index < -0.39 is 15.8 Å². The molecule has 176 valence electrons. The molecule has 0 saturated heterocycles. The van der Waals surface area contributed by atoms with Gasteiger partial charge in [0.25, 0.3) is 0 Å². The lowest BCUT2D eigenvalue weighted by Crippen LogP contribution is -2.28. The van der Waals surface area contributed by atoms with Gasteiger partial charge in [-0.15, -0.1) is 0 Å². The van der Waals surface area contributed by atoms with Crippen LogP contribution in [0.25, 0.3) is 16.9 Å². The number of amides is 1. The molecule has 0 bridgehead atoms. The zero-order valence-electron chi connectivity index (χ0n) is 18.9. The van der Waals surface area contributed by atoms with Crippen molar-refractivity contribution >= 4 is 27.4 Å². The van der Waals surface area contributed by atoms with Gasteiger partial charge in [-0.2, -0.15) is 0 Å². The molecule has 0 aliphatic heterocycles. The van der Waals surface area contributed by atoms with Crippen molar-refractivity contribution in [3.63, 3.8) is 0 Å². The van der Waals surface area contributed by atoms with E-state index in [-0.39, 0.29) is 23.8 Å². The maximum absolute atomic E-state index is 13.1. The number of sulfonamides is 1. The first-order valence-electron chi connectivity index (χ1n) is 10.8. The van der Waals surface area contributed by atoms with Gasteiger partial charge in [0.05, 0.1) is 4.90 Å². The molecule has 0 atom stereocenters. The highest BCUT2D eigenvalue weighted by atomic mass is 32.2. The first-order chi connectivity index (χ1) is 16.3. The standard InChI is InChI=1S/C25H25FN4O3S/c1-18-14-16-30-22(17-18)27-24(19-7-4-3-5-8-19)25(30)28-23(31)9-6-15-29(2)34(32,33)21-12-10-20(26)11-13-21/h3-5,7-8,10-14,16-17H,6,9,15H2,1-2H3,(H,28,31). The number of rotatable bonds is 8. The largest absolute Gasteiger partial charge is 0.310 e. The molecule has 9 heteroatoms. The minimum Gasteiger partial charge on any atom is -0.310 e.